The highest BCUT2D eigenvalue weighted by molar-refractivity contribution is 5.72. The number of ether oxygens (including phenoxy) is 4. The molecule has 2 amide bonds. The second-order valence-electron chi connectivity index (χ2n) is 7.86. The molecular formula is C28H36N2O6. The zero-order chi connectivity index (χ0) is 26.2. The van der Waals surface area contributed by atoms with Crippen molar-refractivity contribution in [3.63, 3.8) is 0 Å². The maximum Gasteiger partial charge on any atom is 0.412 e. The van der Waals surface area contributed by atoms with E-state index < -0.39 is 12.2 Å². The van der Waals surface area contributed by atoms with Crippen molar-refractivity contribution in [1.29, 1.82) is 0 Å². The third kappa shape index (κ3) is 9.74. The van der Waals surface area contributed by atoms with E-state index in [2.05, 4.69) is 10.6 Å². The summed E-state index contributed by atoms with van der Waals surface area (Å²) in [6, 6.07) is 10.6. The van der Waals surface area contributed by atoms with Gasteiger partial charge in [-0.3, -0.25) is 0 Å². The summed E-state index contributed by atoms with van der Waals surface area (Å²) in [5.41, 5.74) is 1.87. The average Bonchev–Trinajstić information content (AvgIpc) is 2.87. The SMILES string of the molecule is C/C=C/c1ccc(OC(=O)NCCCCCCNC(=O)Oc2ccc(/C=C/C)c(OC)c2)c(OC)c1. The molecule has 0 saturated heterocycles. The Bertz CT molecular complexity index is 1050. The lowest BCUT2D eigenvalue weighted by molar-refractivity contribution is 0.197. The molecule has 0 aliphatic rings. The number of rotatable bonds is 13. The minimum Gasteiger partial charge on any atom is -0.496 e. The van der Waals surface area contributed by atoms with E-state index in [1.807, 2.05) is 56.4 Å². The molecule has 0 heterocycles. The summed E-state index contributed by atoms with van der Waals surface area (Å²) in [4.78, 5) is 24.1. The molecule has 0 atom stereocenters. The monoisotopic (exact) mass is 496 g/mol. The van der Waals surface area contributed by atoms with E-state index in [4.69, 9.17) is 18.9 Å². The molecule has 8 nitrogen and oxygen atoms in total. The number of amides is 2. The molecule has 0 radical (unpaired) electrons. The van der Waals surface area contributed by atoms with Crippen LogP contribution < -0.4 is 29.6 Å². The van der Waals surface area contributed by atoms with E-state index in [1.54, 1.807) is 25.3 Å². The third-order valence-electron chi connectivity index (χ3n) is 5.15. The quantitative estimate of drug-likeness (QED) is 0.320. The molecule has 0 spiro atoms. The smallest absolute Gasteiger partial charge is 0.412 e. The van der Waals surface area contributed by atoms with Crippen LogP contribution in [0.15, 0.2) is 48.6 Å². The Balaban J connectivity index is 1.59. The Kier molecular flexibility index (Phi) is 12.5. The van der Waals surface area contributed by atoms with Crippen LogP contribution in [0.4, 0.5) is 9.59 Å². The molecule has 194 valence electrons. The van der Waals surface area contributed by atoms with Gasteiger partial charge in [-0.1, -0.05) is 43.2 Å². The molecule has 0 fully saturated rings. The van der Waals surface area contributed by atoms with Gasteiger partial charge in [-0.05, 0) is 56.5 Å². The molecule has 2 rings (SSSR count). The van der Waals surface area contributed by atoms with Crippen LogP contribution in [0.25, 0.3) is 12.2 Å². The molecular weight excluding hydrogens is 460 g/mol. The van der Waals surface area contributed by atoms with Gasteiger partial charge in [0.2, 0.25) is 0 Å². The van der Waals surface area contributed by atoms with Crippen molar-refractivity contribution >= 4 is 24.3 Å². The van der Waals surface area contributed by atoms with Crippen molar-refractivity contribution in [3.8, 4) is 23.0 Å². The Morgan fingerprint density at radius 3 is 1.97 bits per heavy atom. The van der Waals surface area contributed by atoms with Gasteiger partial charge in [0.1, 0.15) is 11.5 Å². The van der Waals surface area contributed by atoms with Crippen LogP contribution in [0, 0.1) is 0 Å². The zero-order valence-electron chi connectivity index (χ0n) is 21.5. The fourth-order valence-electron chi connectivity index (χ4n) is 3.40. The molecule has 0 aromatic heterocycles. The highest BCUT2D eigenvalue weighted by atomic mass is 16.6. The topological polar surface area (TPSA) is 95.1 Å². The highest BCUT2D eigenvalue weighted by Gasteiger charge is 2.10. The largest absolute Gasteiger partial charge is 0.496 e. The van der Waals surface area contributed by atoms with Crippen molar-refractivity contribution in [2.45, 2.75) is 39.5 Å². The number of methoxy groups -OCH3 is 2. The first-order chi connectivity index (χ1) is 17.5. The molecule has 2 aromatic rings. The maximum absolute atomic E-state index is 12.1. The van der Waals surface area contributed by atoms with Crippen molar-refractivity contribution < 1.29 is 28.5 Å². The number of hydrogen-bond donors (Lipinski definition) is 2. The van der Waals surface area contributed by atoms with Crippen LogP contribution >= 0.6 is 0 Å². The van der Waals surface area contributed by atoms with E-state index in [0.717, 1.165) is 36.8 Å². The van der Waals surface area contributed by atoms with Crippen molar-refractivity contribution in [2.75, 3.05) is 27.3 Å². The molecule has 0 bridgehead atoms. The first-order valence-corrected chi connectivity index (χ1v) is 12.0. The molecule has 0 aliphatic carbocycles. The first kappa shape index (κ1) is 28.3. The lowest BCUT2D eigenvalue weighted by atomic mass is 10.2. The second-order valence-corrected chi connectivity index (χ2v) is 7.86. The fraction of sp³-hybridized carbons (Fsp3) is 0.357. The summed E-state index contributed by atoms with van der Waals surface area (Å²) in [6.07, 6.45) is 10.1. The standard InChI is InChI=1S/C28H36N2O6/c1-5-11-21-13-16-24(26(19-21)34-4)36-28(32)30-18-10-8-7-9-17-29-27(31)35-23-15-14-22(12-6-2)25(20-23)33-3/h5-6,11-16,19-20H,7-10,17-18H2,1-4H3,(H,29,31)(H,30,32)/b11-5+,12-6+. The third-order valence-corrected chi connectivity index (χ3v) is 5.15. The van der Waals surface area contributed by atoms with Crippen LogP contribution in [-0.2, 0) is 0 Å². The lowest BCUT2D eigenvalue weighted by Gasteiger charge is -2.11. The highest BCUT2D eigenvalue weighted by Crippen LogP contribution is 2.29. The van der Waals surface area contributed by atoms with Gasteiger partial charge in [-0.25, -0.2) is 9.59 Å². The number of unbranched alkanes of at least 4 members (excludes halogenated alkanes) is 3. The lowest BCUT2D eigenvalue weighted by Crippen LogP contribution is -2.28. The number of nitrogens with one attached hydrogen (secondary N) is 2. The van der Waals surface area contributed by atoms with E-state index >= 15 is 0 Å². The normalized spacial score (nSPS) is 10.9. The van der Waals surface area contributed by atoms with E-state index in [-0.39, 0.29) is 0 Å². The van der Waals surface area contributed by atoms with Crippen LogP contribution in [-0.4, -0.2) is 39.5 Å². The number of carbonyl (C=O) groups is 2. The van der Waals surface area contributed by atoms with Gasteiger partial charge in [0.05, 0.1) is 14.2 Å². The molecule has 8 heteroatoms. The number of hydrogen-bond acceptors (Lipinski definition) is 6. The Morgan fingerprint density at radius 1 is 0.722 bits per heavy atom. The van der Waals surface area contributed by atoms with Gasteiger partial charge in [0.25, 0.3) is 0 Å². The zero-order valence-corrected chi connectivity index (χ0v) is 21.5. The molecule has 2 N–H and O–H groups in total. The predicted molar refractivity (Wildman–Crippen MR) is 142 cm³/mol. The summed E-state index contributed by atoms with van der Waals surface area (Å²) in [5.74, 6) is 1.92. The Morgan fingerprint density at radius 2 is 1.36 bits per heavy atom. The molecule has 0 unspecified atom stereocenters. The van der Waals surface area contributed by atoms with Crippen LogP contribution in [0.1, 0.15) is 50.7 Å². The van der Waals surface area contributed by atoms with Crippen molar-refractivity contribution in [3.05, 3.63) is 59.7 Å². The van der Waals surface area contributed by atoms with E-state index in [9.17, 15) is 9.59 Å². The molecule has 0 saturated carbocycles. The average molecular weight is 497 g/mol. The maximum atomic E-state index is 12.1. The van der Waals surface area contributed by atoms with Gasteiger partial charge in [-0.2, -0.15) is 0 Å². The number of carbonyl (C=O) groups excluding carboxylic acids is 2. The van der Waals surface area contributed by atoms with Gasteiger partial charge in [0.15, 0.2) is 11.5 Å². The number of benzene rings is 2. The molecule has 2 aromatic carbocycles. The second kappa shape index (κ2) is 15.9. The molecule has 0 aliphatic heterocycles. The van der Waals surface area contributed by atoms with E-state index in [1.165, 1.54) is 7.11 Å². The van der Waals surface area contributed by atoms with Gasteiger partial charge in [-0.15, -0.1) is 0 Å². The van der Waals surface area contributed by atoms with Crippen LogP contribution in [0.5, 0.6) is 23.0 Å². The van der Waals surface area contributed by atoms with Crippen LogP contribution in [0.3, 0.4) is 0 Å². The van der Waals surface area contributed by atoms with Crippen LogP contribution in [0.2, 0.25) is 0 Å². The summed E-state index contributed by atoms with van der Waals surface area (Å²) in [7, 11) is 3.11. The minimum atomic E-state index is -0.521. The summed E-state index contributed by atoms with van der Waals surface area (Å²) in [6.45, 7) is 4.86. The fourth-order valence-corrected chi connectivity index (χ4v) is 3.40. The summed E-state index contributed by atoms with van der Waals surface area (Å²) >= 11 is 0. The minimum absolute atomic E-state index is 0.369. The molecule has 36 heavy (non-hydrogen) atoms. The summed E-state index contributed by atoms with van der Waals surface area (Å²) in [5, 5.41) is 5.49. The predicted octanol–water partition coefficient (Wildman–Crippen LogP) is 6.21. The Hall–Kier alpha value is -3.94. The van der Waals surface area contributed by atoms with Gasteiger partial charge < -0.3 is 29.6 Å². The van der Waals surface area contributed by atoms with Crippen molar-refractivity contribution in [1.82, 2.24) is 10.6 Å². The summed E-state index contributed by atoms with van der Waals surface area (Å²) < 4.78 is 21.3. The van der Waals surface area contributed by atoms with Crippen molar-refractivity contribution in [2.24, 2.45) is 0 Å². The number of allylic oxidation sites excluding steroid dienone is 2. The van der Waals surface area contributed by atoms with Gasteiger partial charge in [0, 0.05) is 24.7 Å². The first-order valence-electron chi connectivity index (χ1n) is 12.0. The van der Waals surface area contributed by atoms with E-state index in [0.29, 0.717) is 36.1 Å². The van der Waals surface area contributed by atoms with Gasteiger partial charge >= 0.3 is 12.2 Å². The Labute approximate surface area is 213 Å².